The molecule has 2 N–H and O–H groups in total. The minimum absolute atomic E-state index is 0.0765. The summed E-state index contributed by atoms with van der Waals surface area (Å²) in [6.45, 7) is 7.66. The SMILES string of the molecule is CCCCNC(=O)OC1CCC(C(C)(C)C2CCC(O)CC2)CC1. The van der Waals surface area contributed by atoms with Crippen LogP contribution in [0.4, 0.5) is 4.79 Å². The predicted molar refractivity (Wildman–Crippen MR) is 96.9 cm³/mol. The highest BCUT2D eigenvalue weighted by Gasteiger charge is 2.40. The van der Waals surface area contributed by atoms with E-state index in [1.165, 1.54) is 0 Å². The molecule has 0 spiro atoms. The maximum atomic E-state index is 11.8. The molecule has 4 nitrogen and oxygen atoms in total. The standard InChI is InChI=1S/C20H37NO3/c1-4-5-14-21-19(23)24-18-12-8-16(9-13-18)20(2,3)15-6-10-17(22)11-7-15/h15-18,22H,4-14H2,1-3H3,(H,21,23). The van der Waals surface area contributed by atoms with Gasteiger partial charge in [-0.05, 0) is 75.0 Å². The minimum Gasteiger partial charge on any atom is -0.446 e. The molecule has 2 saturated carbocycles. The molecule has 0 bridgehead atoms. The fourth-order valence-electron chi connectivity index (χ4n) is 4.64. The lowest BCUT2D eigenvalue weighted by molar-refractivity contribution is -0.00260. The van der Waals surface area contributed by atoms with Crippen LogP contribution in [0, 0.1) is 17.3 Å². The van der Waals surface area contributed by atoms with Gasteiger partial charge in [-0.1, -0.05) is 27.2 Å². The van der Waals surface area contributed by atoms with Crippen molar-refractivity contribution in [2.75, 3.05) is 6.54 Å². The zero-order valence-corrected chi connectivity index (χ0v) is 15.9. The summed E-state index contributed by atoms with van der Waals surface area (Å²) < 4.78 is 5.58. The number of amides is 1. The van der Waals surface area contributed by atoms with Crippen molar-refractivity contribution in [3.8, 4) is 0 Å². The van der Waals surface area contributed by atoms with Gasteiger partial charge in [-0.25, -0.2) is 4.79 Å². The Morgan fingerprint density at radius 3 is 2.12 bits per heavy atom. The monoisotopic (exact) mass is 339 g/mol. The van der Waals surface area contributed by atoms with Crippen molar-refractivity contribution in [1.29, 1.82) is 0 Å². The van der Waals surface area contributed by atoms with Gasteiger partial charge in [0.05, 0.1) is 6.10 Å². The van der Waals surface area contributed by atoms with Crippen molar-refractivity contribution in [3.63, 3.8) is 0 Å². The molecule has 0 radical (unpaired) electrons. The van der Waals surface area contributed by atoms with Gasteiger partial charge in [0.1, 0.15) is 6.10 Å². The normalized spacial score (nSPS) is 31.5. The Morgan fingerprint density at radius 1 is 1.04 bits per heavy atom. The van der Waals surface area contributed by atoms with Crippen LogP contribution >= 0.6 is 0 Å². The molecule has 2 rings (SSSR count). The average molecular weight is 340 g/mol. The van der Waals surface area contributed by atoms with Gasteiger partial charge in [-0.15, -0.1) is 0 Å². The number of carbonyl (C=O) groups excluding carboxylic acids is 1. The number of unbranched alkanes of at least 4 members (excludes halogenated alkanes) is 1. The van der Waals surface area contributed by atoms with Gasteiger partial charge in [0.25, 0.3) is 0 Å². The Labute approximate surface area is 147 Å². The summed E-state index contributed by atoms with van der Waals surface area (Å²) in [5.74, 6) is 1.43. The highest BCUT2D eigenvalue weighted by molar-refractivity contribution is 5.67. The van der Waals surface area contributed by atoms with E-state index in [0.29, 0.717) is 17.9 Å². The second-order valence-electron chi connectivity index (χ2n) is 8.49. The van der Waals surface area contributed by atoms with Gasteiger partial charge in [-0.3, -0.25) is 0 Å². The third-order valence-corrected chi connectivity index (χ3v) is 6.55. The lowest BCUT2D eigenvalue weighted by atomic mass is 9.60. The third-order valence-electron chi connectivity index (χ3n) is 6.55. The summed E-state index contributed by atoms with van der Waals surface area (Å²) in [6.07, 6.45) is 10.4. The Kier molecular flexibility index (Phi) is 7.39. The first-order valence-electron chi connectivity index (χ1n) is 10.1. The first kappa shape index (κ1) is 19.6. The molecule has 2 aliphatic carbocycles. The lowest BCUT2D eigenvalue weighted by Gasteiger charge is -2.46. The largest absolute Gasteiger partial charge is 0.446 e. The maximum absolute atomic E-state index is 11.8. The van der Waals surface area contributed by atoms with Crippen LogP contribution in [-0.2, 0) is 4.74 Å². The Balaban J connectivity index is 1.74. The molecule has 24 heavy (non-hydrogen) atoms. The summed E-state index contributed by atoms with van der Waals surface area (Å²) in [4.78, 5) is 11.8. The molecule has 4 heteroatoms. The summed E-state index contributed by atoms with van der Waals surface area (Å²) in [6, 6.07) is 0. The number of hydrogen-bond donors (Lipinski definition) is 2. The van der Waals surface area contributed by atoms with Crippen LogP contribution in [0.15, 0.2) is 0 Å². The van der Waals surface area contributed by atoms with E-state index in [4.69, 9.17) is 4.74 Å². The molecular formula is C20H37NO3. The summed E-state index contributed by atoms with van der Waals surface area (Å²) in [5, 5.41) is 12.6. The zero-order chi connectivity index (χ0) is 17.6. The van der Waals surface area contributed by atoms with Gasteiger partial charge >= 0.3 is 6.09 Å². The van der Waals surface area contributed by atoms with Crippen LogP contribution in [0.25, 0.3) is 0 Å². The average Bonchev–Trinajstić information content (AvgIpc) is 2.56. The fraction of sp³-hybridized carbons (Fsp3) is 0.950. The molecule has 1 amide bonds. The Hall–Kier alpha value is -0.770. The molecule has 2 fully saturated rings. The van der Waals surface area contributed by atoms with E-state index in [9.17, 15) is 9.90 Å². The van der Waals surface area contributed by atoms with Crippen molar-refractivity contribution in [3.05, 3.63) is 0 Å². The molecule has 0 heterocycles. The first-order chi connectivity index (χ1) is 11.4. The molecule has 0 atom stereocenters. The first-order valence-corrected chi connectivity index (χ1v) is 10.1. The molecule has 0 aromatic rings. The van der Waals surface area contributed by atoms with Gasteiger partial charge < -0.3 is 15.2 Å². The van der Waals surface area contributed by atoms with Gasteiger partial charge in [0.15, 0.2) is 0 Å². The molecule has 2 aliphatic rings. The fourth-order valence-corrected chi connectivity index (χ4v) is 4.64. The van der Waals surface area contributed by atoms with E-state index in [1.807, 2.05) is 0 Å². The predicted octanol–water partition coefficient (Wildman–Crippen LogP) is 4.65. The second kappa shape index (κ2) is 9.07. The Bertz CT molecular complexity index is 380. The van der Waals surface area contributed by atoms with Crippen molar-refractivity contribution < 1.29 is 14.6 Å². The number of ether oxygens (including phenoxy) is 1. The number of hydrogen-bond acceptors (Lipinski definition) is 3. The van der Waals surface area contributed by atoms with Crippen molar-refractivity contribution in [2.45, 2.75) is 97.2 Å². The van der Waals surface area contributed by atoms with E-state index >= 15 is 0 Å². The van der Waals surface area contributed by atoms with Gasteiger partial charge in [0.2, 0.25) is 0 Å². The van der Waals surface area contributed by atoms with E-state index in [-0.39, 0.29) is 18.3 Å². The highest BCUT2D eigenvalue weighted by Crippen LogP contribution is 2.48. The third kappa shape index (κ3) is 5.37. The van der Waals surface area contributed by atoms with Crippen molar-refractivity contribution in [2.24, 2.45) is 17.3 Å². The van der Waals surface area contributed by atoms with E-state index in [2.05, 4.69) is 26.1 Å². The molecule has 140 valence electrons. The Morgan fingerprint density at radius 2 is 1.58 bits per heavy atom. The molecule has 0 unspecified atom stereocenters. The van der Waals surface area contributed by atoms with Crippen molar-refractivity contribution >= 4 is 6.09 Å². The number of aliphatic hydroxyl groups excluding tert-OH is 1. The van der Waals surface area contributed by atoms with E-state index < -0.39 is 0 Å². The number of nitrogens with one attached hydrogen (secondary N) is 1. The molecule has 0 aromatic carbocycles. The second-order valence-corrected chi connectivity index (χ2v) is 8.49. The molecule has 0 aliphatic heterocycles. The zero-order valence-electron chi connectivity index (χ0n) is 15.9. The number of aliphatic hydroxyl groups is 1. The van der Waals surface area contributed by atoms with Crippen LogP contribution in [-0.4, -0.2) is 30.0 Å². The maximum Gasteiger partial charge on any atom is 0.407 e. The lowest BCUT2D eigenvalue weighted by Crippen LogP contribution is -2.39. The van der Waals surface area contributed by atoms with Crippen LogP contribution in [0.5, 0.6) is 0 Å². The molecule has 0 aromatic heterocycles. The van der Waals surface area contributed by atoms with E-state index in [1.54, 1.807) is 0 Å². The quantitative estimate of drug-likeness (QED) is 0.693. The minimum atomic E-state index is -0.243. The molecular weight excluding hydrogens is 302 g/mol. The van der Waals surface area contributed by atoms with Gasteiger partial charge in [0, 0.05) is 6.54 Å². The van der Waals surface area contributed by atoms with Crippen LogP contribution in [0.3, 0.4) is 0 Å². The topological polar surface area (TPSA) is 58.6 Å². The van der Waals surface area contributed by atoms with E-state index in [0.717, 1.165) is 70.1 Å². The van der Waals surface area contributed by atoms with Crippen LogP contribution < -0.4 is 5.32 Å². The van der Waals surface area contributed by atoms with Crippen LogP contribution in [0.1, 0.15) is 85.0 Å². The van der Waals surface area contributed by atoms with Crippen LogP contribution in [0.2, 0.25) is 0 Å². The molecule has 0 saturated heterocycles. The number of carbonyl (C=O) groups is 1. The highest BCUT2D eigenvalue weighted by atomic mass is 16.6. The number of alkyl carbamates (subject to hydrolysis) is 1. The van der Waals surface area contributed by atoms with Gasteiger partial charge in [-0.2, -0.15) is 0 Å². The summed E-state index contributed by atoms with van der Waals surface area (Å²) in [7, 11) is 0. The number of rotatable bonds is 6. The summed E-state index contributed by atoms with van der Waals surface area (Å²) >= 11 is 0. The smallest absolute Gasteiger partial charge is 0.407 e. The summed E-state index contributed by atoms with van der Waals surface area (Å²) in [5.41, 5.74) is 0.328. The van der Waals surface area contributed by atoms with Crippen molar-refractivity contribution in [1.82, 2.24) is 5.32 Å².